The fraction of sp³-hybridized carbons (Fsp3) is 0.200. The van der Waals surface area contributed by atoms with Crippen LogP contribution < -0.4 is 10.5 Å². The summed E-state index contributed by atoms with van der Waals surface area (Å²) in [7, 11) is -3.88. The minimum atomic E-state index is -3.88. The predicted octanol–water partition coefficient (Wildman–Crippen LogP) is 2.65. The Morgan fingerprint density at radius 1 is 1.14 bits per heavy atom. The summed E-state index contributed by atoms with van der Waals surface area (Å²) in [5.74, 6) is -0.621. The fourth-order valence-electron chi connectivity index (χ4n) is 2.12. The van der Waals surface area contributed by atoms with E-state index in [9.17, 15) is 12.8 Å². The van der Waals surface area contributed by atoms with Crippen molar-refractivity contribution in [3.05, 3.63) is 59.4 Å². The first kappa shape index (κ1) is 15.5. The summed E-state index contributed by atoms with van der Waals surface area (Å²) < 4.78 is 41.1. The summed E-state index contributed by atoms with van der Waals surface area (Å²) in [6.45, 7) is 1.75. The van der Waals surface area contributed by atoms with Crippen LogP contribution in [0.3, 0.4) is 0 Å². The van der Waals surface area contributed by atoms with Crippen molar-refractivity contribution in [3.8, 4) is 0 Å². The zero-order valence-corrected chi connectivity index (χ0v) is 12.5. The number of sulfonamides is 1. The minimum Gasteiger partial charge on any atom is -0.326 e. The number of para-hydroxylation sites is 1. The van der Waals surface area contributed by atoms with Gasteiger partial charge < -0.3 is 5.73 Å². The van der Waals surface area contributed by atoms with Gasteiger partial charge in [-0.15, -0.1) is 0 Å². The highest BCUT2D eigenvalue weighted by molar-refractivity contribution is 7.92. The zero-order chi connectivity index (χ0) is 15.5. The lowest BCUT2D eigenvalue weighted by molar-refractivity contribution is 0.585. The van der Waals surface area contributed by atoms with Gasteiger partial charge in [0.25, 0.3) is 10.0 Å². The van der Waals surface area contributed by atoms with Gasteiger partial charge >= 0.3 is 0 Å². The molecule has 0 unspecified atom stereocenters. The molecule has 0 aliphatic carbocycles. The Labute approximate surface area is 123 Å². The number of hydrogen-bond acceptors (Lipinski definition) is 3. The van der Waals surface area contributed by atoms with Crippen LogP contribution in [0.4, 0.5) is 10.1 Å². The van der Waals surface area contributed by atoms with Gasteiger partial charge in [-0.25, -0.2) is 12.8 Å². The number of anilines is 1. The van der Waals surface area contributed by atoms with Gasteiger partial charge in [-0.2, -0.15) is 0 Å². The molecule has 0 radical (unpaired) electrons. The monoisotopic (exact) mass is 308 g/mol. The van der Waals surface area contributed by atoms with Crippen LogP contribution in [0.2, 0.25) is 0 Å². The molecule has 0 aliphatic heterocycles. The summed E-state index contributed by atoms with van der Waals surface area (Å²) in [5.41, 5.74) is 6.81. The lowest BCUT2D eigenvalue weighted by Gasteiger charge is -2.14. The number of rotatable bonds is 5. The maximum absolute atomic E-state index is 13.7. The Morgan fingerprint density at radius 3 is 2.52 bits per heavy atom. The van der Waals surface area contributed by atoms with Gasteiger partial charge in [0.1, 0.15) is 5.82 Å². The number of halogens is 1. The van der Waals surface area contributed by atoms with Gasteiger partial charge in [0.2, 0.25) is 0 Å². The van der Waals surface area contributed by atoms with E-state index in [1.165, 1.54) is 18.2 Å². The van der Waals surface area contributed by atoms with Gasteiger partial charge in [-0.1, -0.05) is 31.2 Å². The van der Waals surface area contributed by atoms with E-state index in [2.05, 4.69) is 4.72 Å². The molecular weight excluding hydrogens is 291 g/mol. The van der Waals surface area contributed by atoms with Crippen molar-refractivity contribution in [2.45, 2.75) is 24.8 Å². The number of aryl methyl sites for hydroxylation is 1. The molecule has 0 aliphatic rings. The first-order valence-electron chi connectivity index (χ1n) is 6.57. The third kappa shape index (κ3) is 3.22. The SMILES string of the molecule is CCc1ccccc1NS(=O)(=O)c1cccc(F)c1CN. The second kappa shape index (κ2) is 6.24. The van der Waals surface area contributed by atoms with Crippen molar-refractivity contribution < 1.29 is 12.8 Å². The molecule has 4 nitrogen and oxygen atoms in total. The van der Waals surface area contributed by atoms with Crippen molar-refractivity contribution in [2.24, 2.45) is 5.73 Å². The molecule has 0 saturated heterocycles. The van der Waals surface area contributed by atoms with Crippen molar-refractivity contribution in [1.82, 2.24) is 0 Å². The molecule has 0 spiro atoms. The van der Waals surface area contributed by atoms with Crippen LogP contribution in [-0.2, 0) is 23.0 Å². The molecule has 0 heterocycles. The van der Waals surface area contributed by atoms with Crippen LogP contribution >= 0.6 is 0 Å². The zero-order valence-electron chi connectivity index (χ0n) is 11.6. The van der Waals surface area contributed by atoms with Gasteiger partial charge in [0.05, 0.1) is 10.6 Å². The molecule has 0 atom stereocenters. The van der Waals surface area contributed by atoms with Gasteiger partial charge in [-0.3, -0.25) is 4.72 Å². The summed E-state index contributed by atoms with van der Waals surface area (Å²) in [4.78, 5) is -0.129. The van der Waals surface area contributed by atoms with Crippen molar-refractivity contribution in [1.29, 1.82) is 0 Å². The average molecular weight is 308 g/mol. The molecule has 0 saturated carbocycles. The Kier molecular flexibility index (Phi) is 4.59. The van der Waals surface area contributed by atoms with Crippen molar-refractivity contribution >= 4 is 15.7 Å². The first-order valence-corrected chi connectivity index (χ1v) is 8.06. The third-order valence-electron chi connectivity index (χ3n) is 3.21. The smallest absolute Gasteiger partial charge is 0.262 e. The normalized spacial score (nSPS) is 11.4. The molecule has 0 aromatic heterocycles. The van der Waals surface area contributed by atoms with Crippen LogP contribution in [0.25, 0.3) is 0 Å². The van der Waals surface area contributed by atoms with E-state index < -0.39 is 15.8 Å². The van der Waals surface area contributed by atoms with Crippen LogP contribution in [0.1, 0.15) is 18.1 Å². The average Bonchev–Trinajstić information content (AvgIpc) is 2.47. The molecule has 0 fully saturated rings. The number of nitrogens with one attached hydrogen (secondary N) is 1. The predicted molar refractivity (Wildman–Crippen MR) is 80.9 cm³/mol. The topological polar surface area (TPSA) is 72.2 Å². The summed E-state index contributed by atoms with van der Waals surface area (Å²) in [5, 5.41) is 0. The summed E-state index contributed by atoms with van der Waals surface area (Å²) >= 11 is 0. The molecule has 21 heavy (non-hydrogen) atoms. The van der Waals surface area contributed by atoms with Crippen molar-refractivity contribution in [3.63, 3.8) is 0 Å². The maximum atomic E-state index is 13.7. The van der Waals surface area contributed by atoms with Gasteiger partial charge in [0, 0.05) is 12.1 Å². The van der Waals surface area contributed by atoms with E-state index in [1.54, 1.807) is 12.1 Å². The second-order valence-electron chi connectivity index (χ2n) is 4.54. The third-order valence-corrected chi connectivity index (χ3v) is 4.66. The van der Waals surface area contributed by atoms with E-state index in [1.807, 2.05) is 19.1 Å². The number of hydrogen-bond donors (Lipinski definition) is 2. The summed E-state index contributed by atoms with van der Waals surface area (Å²) in [6, 6.07) is 11.0. The van der Waals surface area contributed by atoms with Crippen LogP contribution in [0.15, 0.2) is 47.4 Å². The van der Waals surface area contributed by atoms with E-state index in [-0.39, 0.29) is 17.0 Å². The highest BCUT2D eigenvalue weighted by Crippen LogP contribution is 2.23. The van der Waals surface area contributed by atoms with E-state index in [0.717, 1.165) is 5.56 Å². The lowest BCUT2D eigenvalue weighted by Crippen LogP contribution is -2.18. The Balaban J connectivity index is 2.46. The van der Waals surface area contributed by atoms with Crippen LogP contribution in [0.5, 0.6) is 0 Å². The molecule has 112 valence electrons. The first-order chi connectivity index (χ1) is 9.99. The van der Waals surface area contributed by atoms with Crippen LogP contribution in [-0.4, -0.2) is 8.42 Å². The second-order valence-corrected chi connectivity index (χ2v) is 6.19. The van der Waals surface area contributed by atoms with Gasteiger partial charge in [0.15, 0.2) is 0 Å². The standard InChI is InChI=1S/C15H17FN2O2S/c1-2-11-6-3-4-8-14(11)18-21(19,20)15-9-5-7-13(16)12(15)10-17/h3-9,18H,2,10,17H2,1H3. The molecule has 2 rings (SSSR count). The highest BCUT2D eigenvalue weighted by atomic mass is 32.2. The molecule has 2 aromatic rings. The molecular formula is C15H17FN2O2S. The summed E-state index contributed by atoms with van der Waals surface area (Å²) in [6.07, 6.45) is 0.686. The molecule has 6 heteroatoms. The fourth-order valence-corrected chi connectivity index (χ4v) is 3.48. The largest absolute Gasteiger partial charge is 0.326 e. The lowest BCUT2D eigenvalue weighted by atomic mass is 10.1. The Hall–Kier alpha value is -1.92. The number of nitrogens with two attached hydrogens (primary N) is 1. The van der Waals surface area contributed by atoms with E-state index in [4.69, 9.17) is 5.73 Å². The van der Waals surface area contributed by atoms with Gasteiger partial charge in [-0.05, 0) is 30.2 Å². The number of benzene rings is 2. The molecule has 3 N–H and O–H groups in total. The van der Waals surface area contributed by atoms with E-state index in [0.29, 0.717) is 12.1 Å². The maximum Gasteiger partial charge on any atom is 0.262 e. The van der Waals surface area contributed by atoms with Crippen molar-refractivity contribution in [2.75, 3.05) is 4.72 Å². The molecule has 2 aromatic carbocycles. The van der Waals surface area contributed by atoms with Crippen LogP contribution in [0, 0.1) is 5.82 Å². The van der Waals surface area contributed by atoms with E-state index >= 15 is 0 Å². The molecule has 0 amide bonds. The quantitative estimate of drug-likeness (QED) is 0.892. The highest BCUT2D eigenvalue weighted by Gasteiger charge is 2.21. The Morgan fingerprint density at radius 2 is 1.86 bits per heavy atom. The minimum absolute atomic E-state index is 0.0148. The molecule has 0 bridgehead atoms. The Bertz CT molecular complexity index is 745.